The van der Waals surface area contributed by atoms with Gasteiger partial charge in [0.15, 0.2) is 0 Å². The summed E-state index contributed by atoms with van der Waals surface area (Å²) in [6, 6.07) is 0.363. The maximum absolute atomic E-state index is 8.41. The van der Waals surface area contributed by atoms with Crippen LogP contribution in [0.25, 0.3) is 0 Å². The molecule has 0 amide bonds. The van der Waals surface area contributed by atoms with Gasteiger partial charge in [0.05, 0.1) is 6.61 Å². The molecule has 0 bridgehead atoms. The normalized spacial score (nSPS) is 23.2. The van der Waals surface area contributed by atoms with E-state index in [0.717, 1.165) is 19.6 Å². The van der Waals surface area contributed by atoms with Crippen molar-refractivity contribution in [1.82, 2.24) is 4.90 Å². The van der Waals surface area contributed by atoms with Crippen LogP contribution in [0.15, 0.2) is 0 Å². The second-order valence-electron chi connectivity index (χ2n) is 2.24. The largest absolute Gasteiger partial charge is 0.395 e. The lowest BCUT2D eigenvalue weighted by molar-refractivity contribution is 0.118. The summed E-state index contributed by atoms with van der Waals surface area (Å²) in [5.74, 6) is 0. The Balaban J connectivity index is 1.98. The van der Waals surface area contributed by atoms with Crippen LogP contribution in [0.2, 0.25) is 0 Å². The molecule has 8 heavy (non-hydrogen) atoms. The minimum Gasteiger partial charge on any atom is -0.395 e. The van der Waals surface area contributed by atoms with E-state index in [1.165, 1.54) is 0 Å². The predicted octanol–water partition coefficient (Wildman–Crippen LogP) is -1.38. The lowest BCUT2D eigenvalue weighted by Gasteiger charge is -2.36. The second kappa shape index (κ2) is 2.44. The molecule has 1 fully saturated rings. The van der Waals surface area contributed by atoms with Crippen molar-refractivity contribution in [2.24, 2.45) is 5.73 Å². The lowest BCUT2D eigenvalue weighted by Crippen LogP contribution is -2.56. The summed E-state index contributed by atoms with van der Waals surface area (Å²) in [5, 5.41) is 8.41. The third-order valence-corrected chi connectivity index (χ3v) is 1.40. The van der Waals surface area contributed by atoms with Gasteiger partial charge in [-0.25, -0.2) is 0 Å². The Labute approximate surface area is 49.1 Å². The molecule has 1 rings (SSSR count). The summed E-state index contributed by atoms with van der Waals surface area (Å²) in [4.78, 5) is 2.13. The third kappa shape index (κ3) is 1.18. The molecule has 0 radical (unpaired) electrons. The maximum Gasteiger partial charge on any atom is 0.0558 e. The van der Waals surface area contributed by atoms with Crippen molar-refractivity contribution in [2.75, 3.05) is 26.2 Å². The van der Waals surface area contributed by atoms with E-state index in [2.05, 4.69) is 4.90 Å². The average Bonchev–Trinajstić information content (AvgIpc) is 1.64. The molecular formula is C5H12N2O. The Bertz CT molecular complexity index is 68.1. The minimum atomic E-state index is 0.257. The fraction of sp³-hybridized carbons (Fsp3) is 1.00. The van der Waals surface area contributed by atoms with Crippen LogP contribution in [-0.2, 0) is 0 Å². The van der Waals surface area contributed by atoms with E-state index in [1.807, 2.05) is 0 Å². The highest BCUT2D eigenvalue weighted by atomic mass is 16.3. The van der Waals surface area contributed by atoms with Gasteiger partial charge in [-0.1, -0.05) is 0 Å². The van der Waals surface area contributed by atoms with E-state index in [4.69, 9.17) is 10.8 Å². The minimum absolute atomic E-state index is 0.257. The van der Waals surface area contributed by atoms with Crippen molar-refractivity contribution < 1.29 is 5.11 Å². The highest BCUT2D eigenvalue weighted by Gasteiger charge is 2.21. The molecule has 0 aliphatic carbocycles. The van der Waals surface area contributed by atoms with Gasteiger partial charge in [-0.05, 0) is 0 Å². The van der Waals surface area contributed by atoms with Crippen molar-refractivity contribution in [1.29, 1.82) is 0 Å². The average molecular weight is 116 g/mol. The molecule has 1 heterocycles. The van der Waals surface area contributed by atoms with Crippen LogP contribution in [0.4, 0.5) is 0 Å². The van der Waals surface area contributed by atoms with E-state index in [-0.39, 0.29) is 6.61 Å². The Kier molecular flexibility index (Phi) is 1.83. The van der Waals surface area contributed by atoms with Gasteiger partial charge in [0.25, 0.3) is 0 Å². The molecule has 1 saturated heterocycles. The van der Waals surface area contributed by atoms with E-state index in [1.54, 1.807) is 0 Å². The first kappa shape index (κ1) is 6.01. The molecule has 1 aliphatic rings. The molecule has 0 unspecified atom stereocenters. The zero-order valence-electron chi connectivity index (χ0n) is 4.88. The molecule has 0 spiro atoms. The molecule has 0 aromatic rings. The highest BCUT2D eigenvalue weighted by molar-refractivity contribution is 4.81. The van der Waals surface area contributed by atoms with Crippen LogP contribution >= 0.6 is 0 Å². The molecule has 0 aromatic heterocycles. The van der Waals surface area contributed by atoms with Gasteiger partial charge in [0, 0.05) is 25.7 Å². The number of nitrogens with two attached hydrogens (primary N) is 1. The number of aliphatic hydroxyl groups excluding tert-OH is 1. The molecule has 0 saturated carbocycles. The molecule has 3 nitrogen and oxygen atoms in total. The number of hydrogen-bond acceptors (Lipinski definition) is 3. The summed E-state index contributed by atoms with van der Waals surface area (Å²) in [7, 11) is 0. The zero-order chi connectivity index (χ0) is 5.98. The Hall–Kier alpha value is -0.120. The summed E-state index contributed by atoms with van der Waals surface area (Å²) in [5.41, 5.74) is 5.48. The van der Waals surface area contributed by atoms with Crippen LogP contribution in [0.1, 0.15) is 0 Å². The predicted molar refractivity (Wildman–Crippen MR) is 31.5 cm³/mol. The molecular weight excluding hydrogens is 104 g/mol. The van der Waals surface area contributed by atoms with E-state index in [9.17, 15) is 0 Å². The van der Waals surface area contributed by atoms with Crippen LogP contribution in [-0.4, -0.2) is 42.3 Å². The molecule has 0 aromatic carbocycles. The second-order valence-corrected chi connectivity index (χ2v) is 2.24. The van der Waals surface area contributed by atoms with Crippen molar-refractivity contribution in [3.63, 3.8) is 0 Å². The Morgan fingerprint density at radius 3 is 2.62 bits per heavy atom. The number of aliphatic hydroxyl groups is 1. The fourth-order valence-electron chi connectivity index (χ4n) is 0.934. The van der Waals surface area contributed by atoms with Gasteiger partial charge in [-0.3, -0.25) is 4.90 Å². The quantitative estimate of drug-likeness (QED) is 0.467. The van der Waals surface area contributed by atoms with Crippen LogP contribution < -0.4 is 5.73 Å². The van der Waals surface area contributed by atoms with Crippen molar-refractivity contribution in [3.8, 4) is 0 Å². The van der Waals surface area contributed by atoms with E-state index < -0.39 is 0 Å². The first-order valence-corrected chi connectivity index (χ1v) is 2.91. The fourth-order valence-corrected chi connectivity index (χ4v) is 0.934. The van der Waals surface area contributed by atoms with Gasteiger partial charge in [0.2, 0.25) is 0 Å². The smallest absolute Gasteiger partial charge is 0.0558 e. The van der Waals surface area contributed by atoms with E-state index >= 15 is 0 Å². The first-order chi connectivity index (χ1) is 3.83. The monoisotopic (exact) mass is 116 g/mol. The number of rotatable bonds is 2. The Morgan fingerprint density at radius 2 is 2.25 bits per heavy atom. The molecule has 3 N–H and O–H groups in total. The number of nitrogens with zero attached hydrogens (tertiary/aromatic N) is 1. The van der Waals surface area contributed by atoms with Crippen LogP contribution in [0.5, 0.6) is 0 Å². The summed E-state index contributed by atoms with van der Waals surface area (Å²) in [6.45, 7) is 2.96. The third-order valence-electron chi connectivity index (χ3n) is 1.40. The van der Waals surface area contributed by atoms with Gasteiger partial charge >= 0.3 is 0 Å². The lowest BCUT2D eigenvalue weighted by atomic mass is 10.1. The van der Waals surface area contributed by atoms with Crippen molar-refractivity contribution in [3.05, 3.63) is 0 Å². The summed E-state index contributed by atoms with van der Waals surface area (Å²) >= 11 is 0. The molecule has 3 heteroatoms. The summed E-state index contributed by atoms with van der Waals surface area (Å²) in [6.07, 6.45) is 0. The first-order valence-electron chi connectivity index (χ1n) is 2.91. The molecule has 0 atom stereocenters. The number of likely N-dealkylation sites (tertiary alicyclic amines) is 1. The highest BCUT2D eigenvalue weighted by Crippen LogP contribution is 2.02. The number of β-amino-alcohol motifs (C(OH)–C–C–N with tert-alkyl or cyclic N) is 1. The van der Waals surface area contributed by atoms with Gasteiger partial charge in [0.1, 0.15) is 0 Å². The SMILES string of the molecule is NC1CN(CCO)C1. The van der Waals surface area contributed by atoms with Gasteiger partial charge in [-0.2, -0.15) is 0 Å². The summed E-state index contributed by atoms with van der Waals surface area (Å²) < 4.78 is 0. The van der Waals surface area contributed by atoms with Crippen LogP contribution in [0.3, 0.4) is 0 Å². The number of hydrogen-bond donors (Lipinski definition) is 2. The van der Waals surface area contributed by atoms with Crippen LogP contribution in [0, 0.1) is 0 Å². The zero-order valence-corrected chi connectivity index (χ0v) is 4.88. The van der Waals surface area contributed by atoms with Gasteiger partial charge in [-0.15, -0.1) is 0 Å². The Morgan fingerprint density at radius 1 is 1.62 bits per heavy atom. The molecule has 1 aliphatic heterocycles. The van der Waals surface area contributed by atoms with Crippen molar-refractivity contribution >= 4 is 0 Å². The van der Waals surface area contributed by atoms with Gasteiger partial charge < -0.3 is 10.8 Å². The standard InChI is InChI=1S/C5H12N2O/c6-5-3-7(4-5)1-2-8/h5,8H,1-4,6H2. The van der Waals surface area contributed by atoms with E-state index in [0.29, 0.717) is 6.04 Å². The maximum atomic E-state index is 8.41. The molecule has 48 valence electrons. The van der Waals surface area contributed by atoms with Crippen molar-refractivity contribution in [2.45, 2.75) is 6.04 Å². The topological polar surface area (TPSA) is 49.5 Å².